The summed E-state index contributed by atoms with van der Waals surface area (Å²) in [6.45, 7) is -0.307. The predicted molar refractivity (Wildman–Crippen MR) is 95.7 cm³/mol. The van der Waals surface area contributed by atoms with E-state index in [0.717, 1.165) is 11.3 Å². The lowest BCUT2D eigenvalue weighted by molar-refractivity contribution is -0.233. The molecule has 1 unspecified atom stereocenters. The van der Waals surface area contributed by atoms with E-state index in [1.807, 2.05) is 0 Å². The maximum Gasteiger partial charge on any atom is 0.415 e. The monoisotopic (exact) mass is 414 g/mol. The summed E-state index contributed by atoms with van der Waals surface area (Å²) in [6, 6.07) is 6.84. The highest BCUT2D eigenvalue weighted by atomic mass is 32.1. The minimum Gasteiger partial charge on any atom is -0.468 e. The van der Waals surface area contributed by atoms with Gasteiger partial charge in [0.05, 0.1) is 12.0 Å². The molecule has 2 heterocycles. The molecule has 11 heteroatoms. The Kier molecular flexibility index (Phi) is 5.21. The van der Waals surface area contributed by atoms with Gasteiger partial charge in [-0.1, -0.05) is 29.4 Å². The van der Waals surface area contributed by atoms with Crippen molar-refractivity contribution in [1.82, 2.24) is 5.32 Å². The molecular weight excluding hydrogens is 400 g/mol. The average molecular weight is 414 g/mol. The highest BCUT2D eigenvalue weighted by molar-refractivity contribution is 7.18. The van der Waals surface area contributed by atoms with E-state index in [9.17, 15) is 22.8 Å². The number of nitrogens with zero attached hydrogens (tertiary/aromatic N) is 1. The molecule has 1 aliphatic rings. The molecule has 0 bridgehead atoms. The summed E-state index contributed by atoms with van der Waals surface area (Å²) >= 11 is 0.748. The van der Waals surface area contributed by atoms with E-state index >= 15 is 0 Å². The number of esters is 1. The second-order valence-corrected chi connectivity index (χ2v) is 8.74. The van der Waals surface area contributed by atoms with Crippen LogP contribution in [0.5, 0.6) is 0 Å². The molecular formula is C16H14AlF3N2O4S. The van der Waals surface area contributed by atoms with Gasteiger partial charge in [-0.25, -0.2) is 0 Å². The Morgan fingerprint density at radius 2 is 2.04 bits per heavy atom. The molecule has 1 atom stereocenters. The van der Waals surface area contributed by atoms with E-state index < -0.39 is 28.9 Å². The van der Waals surface area contributed by atoms with Gasteiger partial charge in [-0.2, -0.15) is 13.2 Å². The number of ether oxygens (including phenoxy) is 1. The van der Waals surface area contributed by atoms with Crippen molar-refractivity contribution in [2.24, 2.45) is 5.16 Å². The van der Waals surface area contributed by atoms with Gasteiger partial charge in [0.2, 0.25) is 0 Å². The second kappa shape index (κ2) is 7.15. The van der Waals surface area contributed by atoms with Gasteiger partial charge in [-0.15, -0.1) is 11.3 Å². The number of amides is 1. The van der Waals surface area contributed by atoms with Crippen LogP contribution in [0.15, 0.2) is 29.4 Å². The largest absolute Gasteiger partial charge is 0.468 e. The average Bonchev–Trinajstić information content (AvgIpc) is 3.21. The molecule has 0 saturated carbocycles. The second-order valence-electron chi connectivity index (χ2n) is 6.10. The minimum atomic E-state index is -4.52. The zero-order valence-electron chi connectivity index (χ0n) is 14.3. The van der Waals surface area contributed by atoms with Crippen molar-refractivity contribution < 1.29 is 32.3 Å². The van der Waals surface area contributed by atoms with E-state index in [1.165, 1.54) is 7.11 Å². The number of carbonyl (C=O) groups excluding carboxylic acids is 2. The molecule has 1 aliphatic heterocycles. The first-order valence-electron chi connectivity index (χ1n) is 7.85. The number of hydrogen-bond acceptors (Lipinski definition) is 6. The van der Waals surface area contributed by atoms with Crippen molar-refractivity contribution in [3.8, 4) is 0 Å². The van der Waals surface area contributed by atoms with Gasteiger partial charge in [0.15, 0.2) is 4.46 Å². The van der Waals surface area contributed by atoms with E-state index in [0.29, 0.717) is 15.6 Å². The molecule has 1 N–H and O–H groups in total. The standard InChI is InChI=1S/C16H12F3N2O4S.Al.2H/c1-24-12(22)7-20-15(23)14-9-5-3-2-4-8(9)13(26-14)10-6-11(25-21-10)16(17,18)19;;;/h2-5H,6-7H2,1H3,(H,20,23);;;. The molecule has 1 aromatic heterocycles. The van der Waals surface area contributed by atoms with Gasteiger partial charge in [0, 0.05) is 17.2 Å². The van der Waals surface area contributed by atoms with Crippen LogP contribution in [-0.4, -0.2) is 58.2 Å². The highest BCUT2D eigenvalue weighted by Crippen LogP contribution is 2.41. The fourth-order valence-electron chi connectivity index (χ4n) is 2.59. The third kappa shape index (κ3) is 3.67. The van der Waals surface area contributed by atoms with Gasteiger partial charge < -0.3 is 14.9 Å². The van der Waals surface area contributed by atoms with Crippen LogP contribution in [0.1, 0.15) is 21.0 Å². The number of oxime groups is 1. The van der Waals surface area contributed by atoms with Gasteiger partial charge in [-0.05, 0) is 0 Å². The Morgan fingerprint density at radius 3 is 2.63 bits per heavy atom. The SMILES string of the molecule is COC(=O)CNC(=O)c1sc(C2=NO[C]([AlH2])(C(F)(F)F)C2)c2ccccc12. The Bertz CT molecular complexity index is 943. The first kappa shape index (κ1) is 19.7. The number of thiophene rings is 1. The Hall–Kier alpha value is -2.09. The first-order chi connectivity index (χ1) is 12.7. The minimum absolute atomic E-state index is 0.163. The number of fused-ring (bicyclic) bond motifs is 1. The molecule has 0 aliphatic carbocycles. The molecule has 1 aromatic carbocycles. The molecule has 1 amide bonds. The number of nitrogens with one attached hydrogen (secondary N) is 1. The summed E-state index contributed by atoms with van der Waals surface area (Å²) in [7, 11) is 1.20. The Morgan fingerprint density at radius 1 is 1.37 bits per heavy atom. The lowest BCUT2D eigenvalue weighted by Gasteiger charge is -2.25. The van der Waals surface area contributed by atoms with Gasteiger partial charge in [-0.3, -0.25) is 9.59 Å². The van der Waals surface area contributed by atoms with E-state index in [2.05, 4.69) is 15.2 Å². The molecule has 27 heavy (non-hydrogen) atoms. The number of hydrogen-bond donors (Lipinski definition) is 1. The maximum atomic E-state index is 13.2. The van der Waals surface area contributed by atoms with Gasteiger partial charge in [0.1, 0.15) is 17.1 Å². The van der Waals surface area contributed by atoms with Crippen LogP contribution in [0.4, 0.5) is 13.2 Å². The normalized spacial score (nSPS) is 19.5. The molecule has 142 valence electrons. The molecule has 3 rings (SSSR count). The van der Waals surface area contributed by atoms with Crippen LogP contribution < -0.4 is 5.32 Å². The lowest BCUT2D eigenvalue weighted by Crippen LogP contribution is -2.45. The molecule has 2 aromatic rings. The van der Waals surface area contributed by atoms with Crippen LogP contribution >= 0.6 is 11.3 Å². The number of halogens is 3. The third-order valence-electron chi connectivity index (χ3n) is 4.17. The number of rotatable bonds is 4. The number of alkyl halides is 3. The quantitative estimate of drug-likeness (QED) is 0.612. The zero-order valence-corrected chi connectivity index (χ0v) is 17.2. The Balaban J connectivity index is 1.94. The molecule has 6 nitrogen and oxygen atoms in total. The molecule has 0 saturated heterocycles. The van der Waals surface area contributed by atoms with Crippen LogP contribution in [0.3, 0.4) is 0 Å². The van der Waals surface area contributed by atoms with E-state index in [4.69, 9.17) is 4.84 Å². The fraction of sp³-hybridized carbons (Fsp3) is 0.312. The summed E-state index contributed by atoms with van der Waals surface area (Å²) in [6.07, 6.45) is -4.91. The summed E-state index contributed by atoms with van der Waals surface area (Å²) in [4.78, 5) is 29.2. The van der Waals surface area contributed by atoms with Crippen LogP contribution in [-0.2, 0) is 14.4 Å². The van der Waals surface area contributed by atoms with Crippen molar-refractivity contribution >= 4 is 56.0 Å². The van der Waals surface area contributed by atoms with Crippen LogP contribution in [0.25, 0.3) is 10.8 Å². The topological polar surface area (TPSA) is 77.0 Å². The molecule has 0 fully saturated rings. The predicted octanol–water partition coefficient (Wildman–Crippen LogP) is 1.82. The van der Waals surface area contributed by atoms with E-state index in [-0.39, 0.29) is 33.4 Å². The van der Waals surface area contributed by atoms with Crippen molar-refractivity contribution in [2.75, 3.05) is 13.7 Å². The van der Waals surface area contributed by atoms with Gasteiger partial charge >= 0.3 is 28.4 Å². The highest BCUT2D eigenvalue weighted by Gasteiger charge is 2.56. The number of benzene rings is 1. The van der Waals surface area contributed by atoms with Crippen molar-refractivity contribution in [1.29, 1.82) is 0 Å². The van der Waals surface area contributed by atoms with Gasteiger partial charge in [0.25, 0.3) is 5.91 Å². The summed E-state index contributed by atoms with van der Waals surface area (Å²) in [5, 5.41) is 7.29. The smallest absolute Gasteiger partial charge is 0.415 e. The summed E-state index contributed by atoms with van der Waals surface area (Å²) < 4.78 is 41.9. The summed E-state index contributed by atoms with van der Waals surface area (Å²) in [5.41, 5.74) is 0.163. The maximum absolute atomic E-state index is 13.2. The van der Waals surface area contributed by atoms with Crippen molar-refractivity contribution in [3.05, 3.63) is 34.0 Å². The molecule has 0 spiro atoms. The number of carbonyl (C=O) groups is 2. The third-order valence-corrected chi connectivity index (χ3v) is 6.54. The Labute approximate surface area is 163 Å². The van der Waals surface area contributed by atoms with Crippen LogP contribution in [0, 0.1) is 0 Å². The van der Waals surface area contributed by atoms with Crippen molar-refractivity contribution in [3.63, 3.8) is 0 Å². The fourth-order valence-corrected chi connectivity index (χ4v) is 4.19. The number of methoxy groups -OCH3 is 1. The summed E-state index contributed by atoms with van der Waals surface area (Å²) in [5.74, 6) is -1.12. The first-order valence-corrected chi connectivity index (χ1v) is 9.66. The van der Waals surface area contributed by atoms with E-state index in [1.54, 1.807) is 24.3 Å². The zero-order chi connectivity index (χ0) is 19.8. The molecule has 0 radical (unpaired) electrons. The lowest BCUT2D eigenvalue weighted by atomic mass is 10.1. The van der Waals surface area contributed by atoms with Crippen molar-refractivity contribution in [2.45, 2.75) is 17.1 Å². The van der Waals surface area contributed by atoms with Crippen LogP contribution in [0.2, 0.25) is 0 Å².